The Kier molecular flexibility index (Phi) is 4.38. The van der Waals surface area contributed by atoms with Gasteiger partial charge in [0.05, 0.1) is 21.5 Å². The number of nitriles is 1. The van der Waals surface area contributed by atoms with E-state index in [1.54, 1.807) is 12.1 Å². The van der Waals surface area contributed by atoms with E-state index in [4.69, 9.17) is 5.26 Å². The van der Waals surface area contributed by atoms with Crippen LogP contribution in [0.4, 0.5) is 5.69 Å². The molecular weight excluding hydrogens is 272 g/mol. The third-order valence-electron chi connectivity index (χ3n) is 2.84. The summed E-state index contributed by atoms with van der Waals surface area (Å²) in [6.07, 6.45) is 0.960. The Bertz CT molecular complexity index is 675. The monoisotopic (exact) mass is 284 g/mol. The van der Waals surface area contributed by atoms with Gasteiger partial charge >= 0.3 is 0 Å². The average Bonchev–Trinajstić information content (AvgIpc) is 2.48. The fourth-order valence-electron chi connectivity index (χ4n) is 1.74. The van der Waals surface area contributed by atoms with E-state index in [0.29, 0.717) is 10.5 Å². The first-order valence-corrected chi connectivity index (χ1v) is 6.91. The number of nitro benzene ring substituents is 1. The van der Waals surface area contributed by atoms with Crippen LogP contribution in [0.1, 0.15) is 18.1 Å². The predicted molar refractivity (Wildman–Crippen MR) is 77.8 cm³/mol. The zero-order valence-corrected chi connectivity index (χ0v) is 11.7. The Balaban J connectivity index is 2.32. The summed E-state index contributed by atoms with van der Waals surface area (Å²) < 4.78 is 0. The van der Waals surface area contributed by atoms with E-state index in [2.05, 4.69) is 6.92 Å². The van der Waals surface area contributed by atoms with E-state index in [-0.39, 0.29) is 5.69 Å². The predicted octanol–water partition coefficient (Wildman–Crippen LogP) is 4.18. The second-order valence-electron chi connectivity index (χ2n) is 4.15. The second-order valence-corrected chi connectivity index (χ2v) is 5.27. The van der Waals surface area contributed by atoms with Gasteiger partial charge in [0.15, 0.2) is 0 Å². The molecule has 0 atom stereocenters. The van der Waals surface area contributed by atoms with Crippen molar-refractivity contribution < 1.29 is 4.92 Å². The fraction of sp³-hybridized carbons (Fsp3) is 0.133. The minimum Gasteiger partial charge on any atom is -0.258 e. The van der Waals surface area contributed by atoms with Gasteiger partial charge in [0.1, 0.15) is 0 Å². The van der Waals surface area contributed by atoms with Crippen LogP contribution in [0.2, 0.25) is 0 Å². The summed E-state index contributed by atoms with van der Waals surface area (Å²) in [7, 11) is 0. The van der Waals surface area contributed by atoms with Gasteiger partial charge in [-0.25, -0.2) is 0 Å². The topological polar surface area (TPSA) is 66.9 Å². The molecule has 0 unspecified atom stereocenters. The molecular formula is C15H12N2O2S. The normalized spacial score (nSPS) is 10.0. The second kappa shape index (κ2) is 6.22. The van der Waals surface area contributed by atoms with Crippen LogP contribution in [-0.4, -0.2) is 4.92 Å². The van der Waals surface area contributed by atoms with E-state index in [0.717, 1.165) is 11.3 Å². The number of aryl methyl sites for hydroxylation is 1. The minimum atomic E-state index is -0.455. The molecule has 0 N–H and O–H groups in total. The highest BCUT2D eigenvalue weighted by Gasteiger charge is 2.15. The van der Waals surface area contributed by atoms with Gasteiger partial charge in [-0.1, -0.05) is 30.8 Å². The van der Waals surface area contributed by atoms with Crippen LogP contribution < -0.4 is 0 Å². The first-order chi connectivity index (χ1) is 9.63. The van der Waals surface area contributed by atoms with Crippen molar-refractivity contribution in [3.05, 3.63) is 63.7 Å². The van der Waals surface area contributed by atoms with Gasteiger partial charge in [-0.15, -0.1) is 0 Å². The zero-order valence-electron chi connectivity index (χ0n) is 10.9. The van der Waals surface area contributed by atoms with E-state index in [1.165, 1.54) is 23.4 Å². The largest absolute Gasteiger partial charge is 0.284 e. The van der Waals surface area contributed by atoms with Gasteiger partial charge in [-0.3, -0.25) is 10.1 Å². The highest BCUT2D eigenvalue weighted by molar-refractivity contribution is 7.99. The molecule has 20 heavy (non-hydrogen) atoms. The molecule has 2 aromatic rings. The first-order valence-electron chi connectivity index (χ1n) is 6.09. The fourth-order valence-corrected chi connectivity index (χ4v) is 2.64. The van der Waals surface area contributed by atoms with Crippen LogP contribution in [-0.2, 0) is 6.42 Å². The van der Waals surface area contributed by atoms with E-state index >= 15 is 0 Å². The molecule has 4 nitrogen and oxygen atoms in total. The number of benzene rings is 2. The summed E-state index contributed by atoms with van der Waals surface area (Å²) in [5.41, 5.74) is 1.49. The molecule has 2 aromatic carbocycles. The number of hydrogen-bond acceptors (Lipinski definition) is 4. The van der Waals surface area contributed by atoms with Crippen molar-refractivity contribution in [1.82, 2.24) is 0 Å². The molecule has 0 radical (unpaired) electrons. The van der Waals surface area contributed by atoms with Gasteiger partial charge in [0, 0.05) is 11.0 Å². The quantitative estimate of drug-likeness (QED) is 0.624. The lowest BCUT2D eigenvalue weighted by Gasteiger charge is -2.04. The first kappa shape index (κ1) is 14.1. The third-order valence-corrected chi connectivity index (χ3v) is 3.92. The molecule has 0 heterocycles. The Morgan fingerprint density at radius 1 is 1.25 bits per heavy atom. The smallest absolute Gasteiger partial charge is 0.258 e. The number of hydrogen-bond donors (Lipinski definition) is 0. The summed E-state index contributed by atoms with van der Waals surface area (Å²) in [6, 6.07) is 14.4. The number of nitro groups is 1. The highest BCUT2D eigenvalue weighted by Crippen LogP contribution is 2.35. The average molecular weight is 284 g/mol. The van der Waals surface area contributed by atoms with Gasteiger partial charge in [-0.2, -0.15) is 5.26 Å². The van der Waals surface area contributed by atoms with Crippen molar-refractivity contribution in [2.24, 2.45) is 0 Å². The van der Waals surface area contributed by atoms with Gasteiger partial charge in [0.2, 0.25) is 0 Å². The Morgan fingerprint density at radius 3 is 2.50 bits per heavy atom. The van der Waals surface area contributed by atoms with Crippen molar-refractivity contribution in [2.75, 3.05) is 0 Å². The lowest BCUT2D eigenvalue weighted by Crippen LogP contribution is -1.92. The van der Waals surface area contributed by atoms with Crippen molar-refractivity contribution in [1.29, 1.82) is 5.26 Å². The summed E-state index contributed by atoms with van der Waals surface area (Å²) in [5, 5.41) is 19.9. The van der Waals surface area contributed by atoms with Gasteiger partial charge < -0.3 is 0 Å². The summed E-state index contributed by atoms with van der Waals surface area (Å²) in [5.74, 6) is 0. The Labute approximate surface area is 121 Å². The highest BCUT2D eigenvalue weighted by atomic mass is 32.2. The van der Waals surface area contributed by atoms with E-state index < -0.39 is 4.92 Å². The molecule has 0 aromatic heterocycles. The Morgan fingerprint density at radius 2 is 1.95 bits per heavy atom. The van der Waals surface area contributed by atoms with Crippen molar-refractivity contribution in [3.8, 4) is 6.07 Å². The summed E-state index contributed by atoms with van der Waals surface area (Å²) >= 11 is 1.33. The van der Waals surface area contributed by atoms with Crippen molar-refractivity contribution in [3.63, 3.8) is 0 Å². The van der Waals surface area contributed by atoms with Crippen LogP contribution in [0.25, 0.3) is 0 Å². The summed E-state index contributed by atoms with van der Waals surface area (Å²) in [6.45, 7) is 2.08. The van der Waals surface area contributed by atoms with Gasteiger partial charge in [0.25, 0.3) is 5.69 Å². The molecule has 0 aliphatic heterocycles. The molecule has 0 fully saturated rings. The van der Waals surface area contributed by atoms with Crippen LogP contribution >= 0.6 is 11.8 Å². The van der Waals surface area contributed by atoms with Crippen molar-refractivity contribution in [2.45, 2.75) is 23.1 Å². The molecule has 0 saturated heterocycles. The van der Waals surface area contributed by atoms with E-state index in [9.17, 15) is 10.1 Å². The van der Waals surface area contributed by atoms with Gasteiger partial charge in [-0.05, 0) is 36.2 Å². The number of rotatable bonds is 4. The third kappa shape index (κ3) is 3.16. The van der Waals surface area contributed by atoms with Crippen molar-refractivity contribution >= 4 is 17.4 Å². The van der Waals surface area contributed by atoms with Crippen LogP contribution in [0, 0.1) is 21.4 Å². The number of nitrogens with zero attached hydrogens (tertiary/aromatic N) is 2. The van der Waals surface area contributed by atoms with Crippen LogP contribution in [0.15, 0.2) is 52.3 Å². The molecule has 0 amide bonds. The minimum absolute atomic E-state index is 0.0337. The standard InChI is InChI=1S/C15H12N2O2S/c1-2-11-3-6-13(7-4-11)20-15-8-5-12(10-16)9-14(15)17(18)19/h3-9H,2H2,1H3. The van der Waals surface area contributed by atoms with E-state index in [1.807, 2.05) is 30.3 Å². The lowest BCUT2D eigenvalue weighted by atomic mass is 10.2. The SMILES string of the molecule is CCc1ccc(Sc2ccc(C#N)cc2[N+](=O)[O-])cc1. The maximum Gasteiger partial charge on any atom is 0.284 e. The summed E-state index contributed by atoms with van der Waals surface area (Å²) in [4.78, 5) is 12.1. The molecule has 0 aliphatic rings. The molecule has 0 saturated carbocycles. The maximum absolute atomic E-state index is 11.1. The molecule has 0 spiro atoms. The Hall–Kier alpha value is -2.32. The molecule has 0 aliphatic carbocycles. The zero-order chi connectivity index (χ0) is 14.5. The maximum atomic E-state index is 11.1. The van der Waals surface area contributed by atoms with Crippen LogP contribution in [0.3, 0.4) is 0 Å². The molecule has 0 bridgehead atoms. The lowest BCUT2D eigenvalue weighted by molar-refractivity contribution is -0.387. The molecule has 5 heteroatoms. The van der Waals surface area contributed by atoms with Crippen LogP contribution in [0.5, 0.6) is 0 Å². The molecule has 2 rings (SSSR count). The molecule has 100 valence electrons.